The lowest BCUT2D eigenvalue weighted by Crippen LogP contribution is -2.39. The van der Waals surface area contributed by atoms with Gasteiger partial charge in [-0.05, 0) is 19.8 Å². The maximum absolute atomic E-state index is 12.0. The van der Waals surface area contributed by atoms with Gasteiger partial charge in [0.25, 0.3) is 0 Å². The number of ether oxygens (including phenoxy) is 3. The average Bonchev–Trinajstić information content (AvgIpc) is 2.89. The summed E-state index contributed by atoms with van der Waals surface area (Å²) in [5.74, 6) is -0.0385. The summed E-state index contributed by atoms with van der Waals surface area (Å²) < 4.78 is 16.6. The molecule has 0 amide bonds. The topological polar surface area (TPSA) is 44.8 Å². The van der Waals surface area contributed by atoms with Gasteiger partial charge >= 0.3 is 0 Å². The van der Waals surface area contributed by atoms with Crippen molar-refractivity contribution >= 4 is 5.78 Å². The molecule has 2 fully saturated rings. The molecule has 2 rings (SSSR count). The van der Waals surface area contributed by atoms with Gasteiger partial charge in [0.05, 0.1) is 19.8 Å². The van der Waals surface area contributed by atoms with Crippen LogP contribution in [-0.2, 0) is 19.0 Å². The van der Waals surface area contributed by atoms with Crippen molar-refractivity contribution in [2.75, 3.05) is 26.4 Å². The van der Waals surface area contributed by atoms with Gasteiger partial charge in [0.1, 0.15) is 5.78 Å². The highest BCUT2D eigenvalue weighted by molar-refractivity contribution is 5.81. The minimum atomic E-state index is -0.440. The number of carbonyl (C=O) groups excluding carboxylic acids is 1. The fraction of sp³-hybridized carbons (Fsp3) is 0.800. The maximum atomic E-state index is 12.0. The highest BCUT2D eigenvalue weighted by Gasteiger charge is 2.42. The summed E-state index contributed by atoms with van der Waals surface area (Å²) in [6, 6.07) is 0. The van der Waals surface area contributed by atoms with Crippen LogP contribution in [0.15, 0.2) is 13.2 Å². The second-order valence-corrected chi connectivity index (χ2v) is 4.81. The molecule has 1 unspecified atom stereocenters. The normalized spacial score (nSPS) is 24.8. The minimum Gasteiger partial charge on any atom is -0.381 e. The van der Waals surface area contributed by atoms with E-state index < -0.39 is 5.79 Å². The molecule has 0 bridgehead atoms. The molecule has 1 heterocycles. The minimum absolute atomic E-state index is 0.0994. The van der Waals surface area contributed by atoms with Gasteiger partial charge in [-0.2, -0.15) is 0 Å². The number of rotatable bonds is 5. The van der Waals surface area contributed by atoms with Crippen molar-refractivity contribution in [3.63, 3.8) is 0 Å². The lowest BCUT2D eigenvalue weighted by molar-refractivity contribution is -0.188. The first kappa shape index (κ1) is 16.3. The van der Waals surface area contributed by atoms with E-state index in [-0.39, 0.29) is 5.92 Å². The first-order valence-electron chi connectivity index (χ1n) is 7.14. The van der Waals surface area contributed by atoms with Crippen molar-refractivity contribution in [2.45, 2.75) is 44.8 Å². The van der Waals surface area contributed by atoms with Crippen LogP contribution in [0, 0.1) is 5.92 Å². The summed E-state index contributed by atoms with van der Waals surface area (Å²) >= 11 is 0. The monoisotopic (exact) mass is 270 g/mol. The predicted octanol–water partition coefficient (Wildman–Crippen LogP) is 2.72. The second kappa shape index (κ2) is 8.46. The average molecular weight is 270 g/mol. The van der Waals surface area contributed by atoms with Gasteiger partial charge in [-0.15, -0.1) is 13.2 Å². The molecule has 1 saturated carbocycles. The van der Waals surface area contributed by atoms with Gasteiger partial charge in [0.15, 0.2) is 5.79 Å². The lowest BCUT2D eigenvalue weighted by Gasteiger charge is -2.35. The molecule has 0 aromatic carbocycles. The number of carbonyl (C=O) groups is 1. The molecule has 0 aromatic heterocycles. The highest BCUT2D eigenvalue weighted by Crippen LogP contribution is 2.39. The van der Waals surface area contributed by atoms with Gasteiger partial charge in [-0.3, -0.25) is 4.79 Å². The third kappa shape index (κ3) is 4.71. The third-order valence-electron chi connectivity index (χ3n) is 3.63. The Balaban J connectivity index is 0.000000861. The summed E-state index contributed by atoms with van der Waals surface area (Å²) in [6.07, 6.45) is 4.18. The smallest absolute Gasteiger partial charge is 0.169 e. The molecule has 0 N–H and O–H groups in total. The van der Waals surface area contributed by atoms with E-state index >= 15 is 0 Å². The largest absolute Gasteiger partial charge is 0.381 e. The van der Waals surface area contributed by atoms with Crippen LogP contribution in [0.2, 0.25) is 0 Å². The van der Waals surface area contributed by atoms with E-state index in [4.69, 9.17) is 14.2 Å². The Morgan fingerprint density at radius 2 is 2.05 bits per heavy atom. The van der Waals surface area contributed by atoms with E-state index in [9.17, 15) is 4.79 Å². The third-order valence-corrected chi connectivity index (χ3v) is 3.63. The Bertz CT molecular complexity index is 271. The summed E-state index contributed by atoms with van der Waals surface area (Å²) in [5, 5.41) is 0. The lowest BCUT2D eigenvalue weighted by atomic mass is 9.81. The first-order chi connectivity index (χ1) is 9.26. The van der Waals surface area contributed by atoms with Gasteiger partial charge in [0, 0.05) is 31.8 Å². The Kier molecular flexibility index (Phi) is 7.28. The predicted molar refractivity (Wildman–Crippen MR) is 74.0 cm³/mol. The van der Waals surface area contributed by atoms with Crippen LogP contribution in [0.1, 0.15) is 39.0 Å². The molecule has 110 valence electrons. The van der Waals surface area contributed by atoms with Crippen LogP contribution in [0.25, 0.3) is 0 Å². The number of hydrogen-bond acceptors (Lipinski definition) is 4. The van der Waals surface area contributed by atoms with E-state index in [1.165, 1.54) is 0 Å². The molecule has 4 nitrogen and oxygen atoms in total. The van der Waals surface area contributed by atoms with Gasteiger partial charge in [-0.1, -0.05) is 0 Å². The molecule has 1 aliphatic carbocycles. The van der Waals surface area contributed by atoms with Crippen LogP contribution in [-0.4, -0.2) is 38.0 Å². The SMILES string of the molecule is C=C.CCOCCC(=O)C1CCCC2(C1)OCCO2. The molecule has 1 atom stereocenters. The van der Waals surface area contributed by atoms with Crippen LogP contribution < -0.4 is 0 Å². The molecule has 19 heavy (non-hydrogen) atoms. The fourth-order valence-electron chi connectivity index (χ4n) is 2.75. The van der Waals surface area contributed by atoms with Gasteiger partial charge < -0.3 is 14.2 Å². The number of Topliss-reactive ketones (excluding diaryl/α,β-unsaturated/α-hetero) is 1. The molecular formula is C15H26O4. The Hall–Kier alpha value is -0.710. The standard InChI is InChI=1S/C13H22O4.C2H4/c1-2-15-7-5-12(14)11-4-3-6-13(10-11)16-8-9-17-13;1-2/h11H,2-10H2,1H3;1-2H2. The van der Waals surface area contributed by atoms with Crippen molar-refractivity contribution in [1.29, 1.82) is 0 Å². The Morgan fingerprint density at radius 1 is 1.37 bits per heavy atom. The summed E-state index contributed by atoms with van der Waals surface area (Å²) in [5.41, 5.74) is 0. The molecule has 4 heteroatoms. The first-order valence-corrected chi connectivity index (χ1v) is 7.14. The van der Waals surface area contributed by atoms with Crippen molar-refractivity contribution < 1.29 is 19.0 Å². The van der Waals surface area contributed by atoms with Crippen molar-refractivity contribution in [1.82, 2.24) is 0 Å². The number of ketones is 1. The Labute approximate surface area is 116 Å². The highest BCUT2D eigenvalue weighted by atomic mass is 16.7. The molecular weight excluding hydrogens is 244 g/mol. The maximum Gasteiger partial charge on any atom is 0.169 e. The molecule has 0 aromatic rings. The zero-order valence-electron chi connectivity index (χ0n) is 12.0. The van der Waals surface area contributed by atoms with Crippen molar-refractivity contribution in [2.24, 2.45) is 5.92 Å². The zero-order chi connectivity index (χ0) is 14.1. The second-order valence-electron chi connectivity index (χ2n) is 4.81. The fourth-order valence-corrected chi connectivity index (χ4v) is 2.75. The van der Waals surface area contributed by atoms with Crippen LogP contribution >= 0.6 is 0 Å². The van der Waals surface area contributed by atoms with E-state index in [1.54, 1.807) is 0 Å². The molecule has 1 saturated heterocycles. The van der Waals surface area contributed by atoms with Crippen LogP contribution in [0.5, 0.6) is 0 Å². The quantitative estimate of drug-likeness (QED) is 0.569. The van der Waals surface area contributed by atoms with E-state index in [0.717, 1.165) is 25.7 Å². The summed E-state index contributed by atoms with van der Waals surface area (Å²) in [4.78, 5) is 12.0. The molecule has 2 aliphatic rings. The van der Waals surface area contributed by atoms with E-state index in [1.807, 2.05) is 6.92 Å². The molecule has 1 aliphatic heterocycles. The van der Waals surface area contributed by atoms with E-state index in [0.29, 0.717) is 38.6 Å². The van der Waals surface area contributed by atoms with Crippen LogP contribution in [0.3, 0.4) is 0 Å². The number of hydrogen-bond donors (Lipinski definition) is 0. The van der Waals surface area contributed by atoms with Gasteiger partial charge in [-0.25, -0.2) is 0 Å². The van der Waals surface area contributed by atoms with E-state index in [2.05, 4.69) is 13.2 Å². The van der Waals surface area contributed by atoms with Crippen molar-refractivity contribution in [3.05, 3.63) is 13.2 Å². The zero-order valence-corrected chi connectivity index (χ0v) is 12.0. The molecule has 1 spiro atoms. The summed E-state index contributed by atoms with van der Waals surface area (Å²) in [6.45, 7) is 10.5. The van der Waals surface area contributed by atoms with Crippen LogP contribution in [0.4, 0.5) is 0 Å². The summed E-state index contributed by atoms with van der Waals surface area (Å²) in [7, 11) is 0. The molecule has 0 radical (unpaired) electrons. The van der Waals surface area contributed by atoms with Crippen molar-refractivity contribution in [3.8, 4) is 0 Å². The van der Waals surface area contributed by atoms with Gasteiger partial charge in [0.2, 0.25) is 0 Å². The Morgan fingerprint density at radius 3 is 2.68 bits per heavy atom.